The van der Waals surface area contributed by atoms with Gasteiger partial charge in [-0.15, -0.1) is 5.06 Å². The second kappa shape index (κ2) is 5.63. The number of carbonyl (C=O) groups is 3. The minimum atomic E-state index is -0.537. The van der Waals surface area contributed by atoms with E-state index in [2.05, 4.69) is 0 Å². The number of ether oxygens (including phenoxy) is 1. The van der Waals surface area contributed by atoms with Gasteiger partial charge in [0.1, 0.15) is 0 Å². The molecule has 110 valence electrons. The van der Waals surface area contributed by atoms with Crippen LogP contribution in [0.1, 0.15) is 20.7 Å². The summed E-state index contributed by atoms with van der Waals surface area (Å²) in [4.78, 5) is 42.7. The van der Waals surface area contributed by atoms with E-state index in [9.17, 15) is 14.4 Å². The van der Waals surface area contributed by atoms with Crippen LogP contribution in [0.25, 0.3) is 0 Å². The summed E-state index contributed by atoms with van der Waals surface area (Å²) >= 11 is 0. The van der Waals surface area contributed by atoms with Gasteiger partial charge in [0, 0.05) is 13.1 Å². The van der Waals surface area contributed by atoms with Crippen LogP contribution in [0, 0.1) is 0 Å². The first-order valence-electron chi connectivity index (χ1n) is 6.65. The van der Waals surface area contributed by atoms with Crippen LogP contribution in [0.2, 0.25) is 0 Å². The maximum Gasteiger partial charge on any atom is 0.285 e. The molecule has 0 N–H and O–H groups in total. The number of nitrogens with zero attached hydrogens (tertiary/aromatic N) is 2. The van der Waals surface area contributed by atoms with Gasteiger partial charge in [0.05, 0.1) is 24.3 Å². The van der Waals surface area contributed by atoms with Crippen LogP contribution in [0.5, 0.6) is 0 Å². The lowest BCUT2D eigenvalue weighted by Gasteiger charge is -2.27. The van der Waals surface area contributed by atoms with Crippen molar-refractivity contribution >= 4 is 17.7 Å². The van der Waals surface area contributed by atoms with Crippen LogP contribution in [-0.2, 0) is 14.4 Å². The van der Waals surface area contributed by atoms with Crippen molar-refractivity contribution in [3.05, 3.63) is 35.4 Å². The van der Waals surface area contributed by atoms with E-state index in [1.165, 1.54) is 0 Å². The van der Waals surface area contributed by atoms with Gasteiger partial charge in [0.2, 0.25) is 0 Å². The molecule has 7 nitrogen and oxygen atoms in total. The van der Waals surface area contributed by atoms with Crippen LogP contribution in [-0.4, -0.2) is 60.6 Å². The van der Waals surface area contributed by atoms with E-state index >= 15 is 0 Å². The van der Waals surface area contributed by atoms with E-state index < -0.39 is 11.8 Å². The Bertz CT molecular complexity index is 560. The molecule has 3 amide bonds. The van der Waals surface area contributed by atoms with Gasteiger partial charge in [-0.1, -0.05) is 12.1 Å². The Morgan fingerprint density at radius 3 is 2.24 bits per heavy atom. The Kier molecular flexibility index (Phi) is 3.68. The summed E-state index contributed by atoms with van der Waals surface area (Å²) in [6.07, 6.45) is 0. The molecular formula is C14H14N2O5. The van der Waals surface area contributed by atoms with Crippen LogP contribution in [0.3, 0.4) is 0 Å². The highest BCUT2D eigenvalue weighted by Crippen LogP contribution is 2.22. The molecule has 1 aromatic carbocycles. The van der Waals surface area contributed by atoms with E-state index in [0.717, 1.165) is 0 Å². The summed E-state index contributed by atoms with van der Waals surface area (Å²) in [5.41, 5.74) is 0.586. The van der Waals surface area contributed by atoms with Gasteiger partial charge < -0.3 is 9.64 Å². The van der Waals surface area contributed by atoms with Gasteiger partial charge >= 0.3 is 0 Å². The van der Waals surface area contributed by atoms with E-state index in [4.69, 9.17) is 9.57 Å². The van der Waals surface area contributed by atoms with Gasteiger partial charge in [-0.2, -0.15) is 0 Å². The minimum Gasteiger partial charge on any atom is -0.378 e. The van der Waals surface area contributed by atoms with Crippen LogP contribution >= 0.6 is 0 Å². The van der Waals surface area contributed by atoms with Gasteiger partial charge in [-0.3, -0.25) is 19.2 Å². The number of imide groups is 1. The number of amides is 3. The van der Waals surface area contributed by atoms with Crippen molar-refractivity contribution in [1.29, 1.82) is 0 Å². The number of rotatable bonds is 3. The molecule has 3 rings (SSSR count). The average molecular weight is 290 g/mol. The van der Waals surface area contributed by atoms with Crippen molar-refractivity contribution in [3.63, 3.8) is 0 Å². The molecule has 1 saturated heterocycles. The van der Waals surface area contributed by atoms with E-state index in [0.29, 0.717) is 42.5 Å². The molecule has 0 radical (unpaired) electrons. The van der Waals surface area contributed by atoms with E-state index in [-0.39, 0.29) is 12.5 Å². The summed E-state index contributed by atoms with van der Waals surface area (Å²) in [5, 5.41) is 0.656. The molecule has 1 fully saturated rings. The van der Waals surface area contributed by atoms with Crippen molar-refractivity contribution in [1.82, 2.24) is 9.96 Å². The number of carbonyl (C=O) groups excluding carboxylic acids is 3. The predicted octanol–water partition coefficient (Wildman–Crippen LogP) is 0.0730. The Morgan fingerprint density at radius 1 is 1.10 bits per heavy atom. The van der Waals surface area contributed by atoms with Gasteiger partial charge in [-0.25, -0.2) is 0 Å². The first-order chi connectivity index (χ1) is 10.2. The molecule has 2 aliphatic heterocycles. The molecule has 0 bridgehead atoms. The lowest BCUT2D eigenvalue weighted by Crippen LogP contribution is -2.44. The summed E-state index contributed by atoms with van der Waals surface area (Å²) in [5.74, 6) is -1.34. The summed E-state index contributed by atoms with van der Waals surface area (Å²) in [6, 6.07) is 6.46. The molecule has 0 aliphatic carbocycles. The maximum atomic E-state index is 12.0. The number of morpholine rings is 1. The van der Waals surface area contributed by atoms with Crippen LogP contribution < -0.4 is 0 Å². The summed E-state index contributed by atoms with van der Waals surface area (Å²) in [7, 11) is 0. The highest BCUT2D eigenvalue weighted by atomic mass is 16.7. The number of benzene rings is 1. The largest absolute Gasteiger partial charge is 0.378 e. The van der Waals surface area contributed by atoms with Crippen LogP contribution in [0.15, 0.2) is 24.3 Å². The molecule has 7 heteroatoms. The first-order valence-corrected chi connectivity index (χ1v) is 6.65. The summed E-state index contributed by atoms with van der Waals surface area (Å²) < 4.78 is 5.15. The first kappa shape index (κ1) is 13.7. The van der Waals surface area contributed by atoms with Crippen molar-refractivity contribution in [2.75, 3.05) is 32.9 Å². The normalized spacial score (nSPS) is 18.1. The number of fused-ring (bicyclic) bond motifs is 1. The molecule has 0 spiro atoms. The van der Waals surface area contributed by atoms with Gasteiger partial charge in [0.25, 0.3) is 17.7 Å². The van der Waals surface area contributed by atoms with Gasteiger partial charge in [0.15, 0.2) is 6.61 Å². The molecule has 0 aromatic heterocycles. The molecule has 0 saturated carbocycles. The van der Waals surface area contributed by atoms with Crippen molar-refractivity contribution in [3.8, 4) is 0 Å². The maximum absolute atomic E-state index is 12.0. The Hall–Kier alpha value is -2.25. The average Bonchev–Trinajstić information content (AvgIpc) is 2.78. The zero-order valence-corrected chi connectivity index (χ0v) is 11.3. The third-order valence-corrected chi connectivity index (χ3v) is 3.44. The van der Waals surface area contributed by atoms with E-state index in [1.807, 2.05) is 0 Å². The van der Waals surface area contributed by atoms with Crippen molar-refractivity contribution in [2.24, 2.45) is 0 Å². The fraction of sp³-hybridized carbons (Fsp3) is 0.357. The lowest BCUT2D eigenvalue weighted by molar-refractivity contribution is -0.152. The SMILES string of the molecule is O=C(CON1C(=O)c2ccccc2C1=O)N1CCOCC1. The zero-order chi connectivity index (χ0) is 14.8. The second-order valence-corrected chi connectivity index (χ2v) is 4.72. The molecular weight excluding hydrogens is 276 g/mol. The Balaban J connectivity index is 1.63. The lowest BCUT2D eigenvalue weighted by atomic mass is 10.1. The minimum absolute atomic E-state index is 0.269. The van der Waals surface area contributed by atoms with E-state index in [1.54, 1.807) is 29.2 Å². The smallest absolute Gasteiger partial charge is 0.285 e. The van der Waals surface area contributed by atoms with Crippen molar-refractivity contribution in [2.45, 2.75) is 0 Å². The summed E-state index contributed by atoms with van der Waals surface area (Å²) in [6.45, 7) is 1.61. The standard InChI is InChI=1S/C14H14N2O5/c17-12(15-5-7-20-8-6-15)9-21-16-13(18)10-3-1-2-4-11(10)14(16)19/h1-4H,5-9H2. The molecule has 0 atom stereocenters. The predicted molar refractivity (Wildman–Crippen MR) is 70.3 cm³/mol. The molecule has 1 aromatic rings. The van der Waals surface area contributed by atoms with Gasteiger partial charge in [-0.05, 0) is 12.1 Å². The highest BCUT2D eigenvalue weighted by molar-refractivity contribution is 6.20. The number of hydrogen-bond acceptors (Lipinski definition) is 5. The highest BCUT2D eigenvalue weighted by Gasteiger charge is 2.37. The van der Waals surface area contributed by atoms with Crippen molar-refractivity contribution < 1.29 is 24.0 Å². The zero-order valence-electron chi connectivity index (χ0n) is 11.3. The fourth-order valence-corrected chi connectivity index (χ4v) is 2.31. The second-order valence-electron chi connectivity index (χ2n) is 4.72. The molecule has 21 heavy (non-hydrogen) atoms. The monoisotopic (exact) mass is 290 g/mol. The quantitative estimate of drug-likeness (QED) is 0.737. The third-order valence-electron chi connectivity index (χ3n) is 3.44. The fourth-order valence-electron chi connectivity index (χ4n) is 2.31. The Morgan fingerprint density at radius 2 is 1.67 bits per heavy atom. The number of hydrogen-bond donors (Lipinski definition) is 0. The molecule has 0 unspecified atom stereocenters. The Labute approximate surface area is 121 Å². The molecule has 2 aliphatic rings. The third kappa shape index (κ3) is 2.53. The number of hydroxylamine groups is 2. The topological polar surface area (TPSA) is 76.2 Å². The van der Waals surface area contributed by atoms with Crippen LogP contribution in [0.4, 0.5) is 0 Å². The molecule has 2 heterocycles.